The van der Waals surface area contributed by atoms with Crippen molar-refractivity contribution in [2.24, 2.45) is 0 Å². The van der Waals surface area contributed by atoms with Crippen LogP contribution in [-0.4, -0.2) is 34.2 Å². The summed E-state index contributed by atoms with van der Waals surface area (Å²) in [4.78, 5) is 1.89. The minimum absolute atomic E-state index is 0.215. The third-order valence-electron chi connectivity index (χ3n) is 2.87. The molecule has 1 aromatic heterocycles. The lowest BCUT2D eigenvalue weighted by Gasteiger charge is -2.18. The molecule has 2 heterocycles. The van der Waals surface area contributed by atoms with Gasteiger partial charge in [0, 0.05) is 11.9 Å². The van der Waals surface area contributed by atoms with Gasteiger partial charge in [-0.25, -0.2) is 0 Å². The average Bonchev–Trinajstić information content (AvgIpc) is 2.83. The summed E-state index contributed by atoms with van der Waals surface area (Å²) >= 11 is 0. The molecule has 2 aromatic rings. The van der Waals surface area contributed by atoms with Crippen molar-refractivity contribution in [1.29, 1.82) is 0 Å². The van der Waals surface area contributed by atoms with E-state index in [1.165, 1.54) is 0 Å². The Labute approximate surface area is 87.7 Å². The largest absolute Gasteiger partial charge is 0.391 e. The van der Waals surface area contributed by atoms with E-state index in [1.54, 1.807) is 0 Å². The van der Waals surface area contributed by atoms with Crippen molar-refractivity contribution in [3.63, 3.8) is 0 Å². The predicted octanol–water partition coefficient (Wildman–Crippen LogP) is 0.739. The van der Waals surface area contributed by atoms with Gasteiger partial charge < -0.3 is 5.11 Å². The van der Waals surface area contributed by atoms with Crippen LogP contribution in [0, 0.1) is 0 Å². The number of para-hydroxylation sites is 1. The molecule has 78 valence electrons. The van der Waals surface area contributed by atoms with Crippen LogP contribution >= 0.6 is 0 Å². The number of rotatable bonds is 1. The number of aliphatic hydroxyl groups excluding tert-OH is 1. The number of hydrogen-bond donors (Lipinski definition) is 1. The van der Waals surface area contributed by atoms with Crippen molar-refractivity contribution >= 4 is 10.9 Å². The first-order valence-corrected chi connectivity index (χ1v) is 5.20. The van der Waals surface area contributed by atoms with Crippen molar-refractivity contribution in [2.45, 2.75) is 12.5 Å². The van der Waals surface area contributed by atoms with Crippen molar-refractivity contribution in [2.75, 3.05) is 18.1 Å². The molecule has 1 aliphatic rings. The Bertz CT molecular complexity index is 479. The zero-order chi connectivity index (χ0) is 10.3. The minimum atomic E-state index is -0.215. The Balaban J connectivity index is 2.04. The first kappa shape index (κ1) is 8.73. The second-order valence-electron chi connectivity index (χ2n) is 3.95. The Morgan fingerprint density at radius 3 is 3.00 bits per heavy atom. The zero-order valence-electron chi connectivity index (χ0n) is 8.37. The van der Waals surface area contributed by atoms with Crippen molar-refractivity contribution in [1.82, 2.24) is 9.89 Å². The fraction of sp³-hybridized carbons (Fsp3) is 0.364. The Morgan fingerprint density at radius 2 is 2.20 bits per heavy atom. The zero-order valence-corrected chi connectivity index (χ0v) is 8.37. The van der Waals surface area contributed by atoms with Gasteiger partial charge >= 0.3 is 0 Å². The van der Waals surface area contributed by atoms with Gasteiger partial charge in [0.2, 0.25) is 0 Å². The molecular weight excluding hydrogens is 190 g/mol. The lowest BCUT2D eigenvalue weighted by molar-refractivity contribution is 0.196. The molecule has 4 nitrogen and oxygen atoms in total. The molecule has 1 N–H and O–H groups in total. The van der Waals surface area contributed by atoms with Crippen LogP contribution < -0.4 is 5.01 Å². The molecule has 0 saturated carbocycles. The van der Waals surface area contributed by atoms with E-state index < -0.39 is 0 Å². The summed E-state index contributed by atoms with van der Waals surface area (Å²) in [6.07, 6.45) is 2.47. The van der Waals surface area contributed by atoms with Gasteiger partial charge in [0.25, 0.3) is 0 Å². The normalized spacial score (nSPS) is 21.4. The Morgan fingerprint density at radius 1 is 1.33 bits per heavy atom. The number of β-amino-alcohol motifs (C(OH)–C–C–N with tert-alkyl or cyclic N) is 1. The van der Waals surface area contributed by atoms with Crippen LogP contribution in [0.5, 0.6) is 0 Å². The third kappa shape index (κ3) is 1.37. The highest BCUT2D eigenvalue weighted by atomic mass is 16.3. The monoisotopic (exact) mass is 203 g/mol. The van der Waals surface area contributed by atoms with Gasteiger partial charge in [-0.1, -0.05) is 18.2 Å². The molecule has 4 heteroatoms. The Kier molecular flexibility index (Phi) is 1.89. The summed E-state index contributed by atoms with van der Waals surface area (Å²) in [5.41, 5.74) is 1.10. The van der Waals surface area contributed by atoms with Crippen molar-refractivity contribution < 1.29 is 5.11 Å². The molecule has 1 aromatic carbocycles. The number of benzene rings is 1. The van der Waals surface area contributed by atoms with Gasteiger partial charge in [-0.2, -0.15) is 9.89 Å². The lowest BCUT2D eigenvalue weighted by Crippen LogP contribution is -2.33. The van der Waals surface area contributed by atoms with E-state index in [9.17, 15) is 5.11 Å². The van der Waals surface area contributed by atoms with Crippen molar-refractivity contribution in [3.8, 4) is 0 Å². The average molecular weight is 203 g/mol. The fourth-order valence-electron chi connectivity index (χ4n) is 2.08. The highest BCUT2D eigenvalue weighted by Gasteiger charge is 2.21. The second-order valence-corrected chi connectivity index (χ2v) is 3.95. The van der Waals surface area contributed by atoms with Gasteiger partial charge in [0.15, 0.2) is 0 Å². The van der Waals surface area contributed by atoms with E-state index in [0.29, 0.717) is 6.54 Å². The molecule has 1 unspecified atom stereocenters. The van der Waals surface area contributed by atoms with Crippen molar-refractivity contribution in [3.05, 3.63) is 30.5 Å². The number of fused-ring (bicyclic) bond motifs is 1. The molecule has 1 fully saturated rings. The van der Waals surface area contributed by atoms with Crippen LogP contribution in [0.3, 0.4) is 0 Å². The minimum Gasteiger partial charge on any atom is -0.391 e. The number of aromatic nitrogens is 2. The summed E-state index contributed by atoms with van der Waals surface area (Å²) in [6, 6.07) is 8.11. The summed E-state index contributed by atoms with van der Waals surface area (Å²) in [5, 5.41) is 17.0. The fourth-order valence-corrected chi connectivity index (χ4v) is 2.08. The first-order valence-electron chi connectivity index (χ1n) is 5.20. The molecular formula is C11H13N3O. The van der Waals surface area contributed by atoms with E-state index in [2.05, 4.69) is 10.1 Å². The number of nitrogens with zero attached hydrogens (tertiary/aromatic N) is 3. The van der Waals surface area contributed by atoms with Crippen LogP contribution in [-0.2, 0) is 0 Å². The summed E-state index contributed by atoms with van der Waals surface area (Å²) in [7, 11) is 0. The smallest absolute Gasteiger partial charge is 0.0920 e. The van der Waals surface area contributed by atoms with Gasteiger partial charge in [0.05, 0.1) is 24.4 Å². The van der Waals surface area contributed by atoms with E-state index in [4.69, 9.17) is 0 Å². The molecule has 3 rings (SSSR count). The highest BCUT2D eigenvalue weighted by Crippen LogP contribution is 2.15. The maximum atomic E-state index is 9.49. The SMILES string of the molecule is OC1CCN(n2ncc3ccccc32)C1. The number of aliphatic hydroxyl groups is 1. The topological polar surface area (TPSA) is 41.3 Å². The maximum absolute atomic E-state index is 9.49. The molecule has 1 atom stereocenters. The molecule has 0 amide bonds. The lowest BCUT2D eigenvalue weighted by atomic mass is 10.3. The van der Waals surface area contributed by atoms with Gasteiger partial charge in [-0.05, 0) is 12.5 Å². The summed E-state index contributed by atoms with van der Waals surface area (Å²) < 4.78 is 0. The van der Waals surface area contributed by atoms with E-state index in [0.717, 1.165) is 23.9 Å². The summed E-state index contributed by atoms with van der Waals surface area (Å²) in [5.74, 6) is 0. The maximum Gasteiger partial charge on any atom is 0.0920 e. The van der Waals surface area contributed by atoms with E-state index in [1.807, 2.05) is 35.3 Å². The van der Waals surface area contributed by atoms with Crippen LogP contribution in [0.25, 0.3) is 10.9 Å². The molecule has 0 radical (unpaired) electrons. The first-order chi connectivity index (χ1) is 7.34. The van der Waals surface area contributed by atoms with Crippen LogP contribution in [0.15, 0.2) is 30.5 Å². The molecule has 0 spiro atoms. The summed E-state index contributed by atoms with van der Waals surface area (Å²) in [6.45, 7) is 1.54. The van der Waals surface area contributed by atoms with Gasteiger partial charge in [-0.3, -0.25) is 5.01 Å². The second kappa shape index (κ2) is 3.24. The van der Waals surface area contributed by atoms with Gasteiger partial charge in [-0.15, -0.1) is 0 Å². The van der Waals surface area contributed by atoms with Crippen LogP contribution in [0.1, 0.15) is 6.42 Å². The van der Waals surface area contributed by atoms with Crippen LogP contribution in [0.2, 0.25) is 0 Å². The molecule has 0 aliphatic carbocycles. The van der Waals surface area contributed by atoms with E-state index >= 15 is 0 Å². The highest BCUT2D eigenvalue weighted by molar-refractivity contribution is 5.78. The quantitative estimate of drug-likeness (QED) is 0.743. The molecule has 0 bridgehead atoms. The van der Waals surface area contributed by atoms with Crippen LogP contribution in [0.4, 0.5) is 0 Å². The Hall–Kier alpha value is -1.55. The third-order valence-corrected chi connectivity index (χ3v) is 2.87. The standard InChI is InChI=1S/C11H13N3O/c15-10-5-6-13(8-10)14-11-4-2-1-3-9(11)7-12-14/h1-4,7,10,15H,5-6,8H2. The molecule has 1 saturated heterocycles. The van der Waals surface area contributed by atoms with Gasteiger partial charge in [0.1, 0.15) is 0 Å². The molecule has 15 heavy (non-hydrogen) atoms. The molecule has 1 aliphatic heterocycles. The number of hydrogen-bond acceptors (Lipinski definition) is 3. The predicted molar refractivity (Wildman–Crippen MR) is 58.3 cm³/mol. The van der Waals surface area contributed by atoms with E-state index in [-0.39, 0.29) is 6.10 Å².